The number of ether oxygens (including phenoxy) is 7. The molecule has 2 heterocycles. The van der Waals surface area contributed by atoms with Gasteiger partial charge in [0.1, 0.15) is 30.5 Å². The summed E-state index contributed by atoms with van der Waals surface area (Å²) in [5, 5.41) is 0. The average molecular weight is 609 g/mol. The molecule has 0 N–H and O–H groups in total. The fourth-order valence-corrected chi connectivity index (χ4v) is 7.67. The number of rotatable bonds is 5. The van der Waals surface area contributed by atoms with Gasteiger partial charge in [-0.15, -0.1) is 0 Å². The second-order valence-electron chi connectivity index (χ2n) is 12.4. The third kappa shape index (κ3) is 5.40. The Morgan fingerprint density at radius 1 is 0.791 bits per heavy atom. The zero-order chi connectivity index (χ0) is 32.2. The van der Waals surface area contributed by atoms with Gasteiger partial charge >= 0.3 is 35.8 Å². The molecule has 0 radical (unpaired) electrons. The number of fused-ring (bicyclic) bond motifs is 1. The average Bonchev–Trinajstić information content (AvgIpc) is 3.44. The molecule has 13 heteroatoms. The fraction of sp³-hybridized carbons (Fsp3) is 0.733. The van der Waals surface area contributed by atoms with Gasteiger partial charge in [-0.1, -0.05) is 19.4 Å². The lowest BCUT2D eigenvalue weighted by molar-refractivity contribution is -0.247. The Bertz CT molecular complexity index is 1260. The van der Waals surface area contributed by atoms with Gasteiger partial charge in [0.25, 0.3) is 0 Å². The third-order valence-electron chi connectivity index (χ3n) is 9.32. The number of hydrogen-bond donors (Lipinski definition) is 0. The lowest BCUT2D eigenvalue weighted by Crippen LogP contribution is -2.68. The maximum Gasteiger partial charge on any atom is 0.342 e. The number of epoxide rings is 1. The Balaban J connectivity index is 2.09. The maximum absolute atomic E-state index is 13.2. The molecule has 1 spiro atoms. The topological polar surface area (TPSA) is 170 Å². The normalized spacial score (nSPS) is 42.7. The zero-order valence-corrected chi connectivity index (χ0v) is 25.9. The number of carbonyl (C=O) groups is 6. The van der Waals surface area contributed by atoms with Crippen LogP contribution in [-0.2, 0) is 61.9 Å². The van der Waals surface area contributed by atoms with Crippen LogP contribution in [0.4, 0.5) is 0 Å². The van der Waals surface area contributed by atoms with Crippen molar-refractivity contribution in [2.24, 2.45) is 17.3 Å². The van der Waals surface area contributed by atoms with Gasteiger partial charge in [0.2, 0.25) is 0 Å². The molecule has 2 aliphatic carbocycles. The molecule has 0 amide bonds. The molecule has 0 aromatic heterocycles. The summed E-state index contributed by atoms with van der Waals surface area (Å²) in [6.07, 6.45) is -4.94. The first-order valence-corrected chi connectivity index (χ1v) is 14.3. The van der Waals surface area contributed by atoms with Crippen molar-refractivity contribution in [1.82, 2.24) is 0 Å². The summed E-state index contributed by atoms with van der Waals surface area (Å²) in [6, 6.07) is 0. The van der Waals surface area contributed by atoms with Crippen LogP contribution in [0.25, 0.3) is 0 Å². The van der Waals surface area contributed by atoms with Crippen molar-refractivity contribution in [2.75, 3.05) is 0 Å². The van der Waals surface area contributed by atoms with E-state index < -0.39 is 101 Å². The van der Waals surface area contributed by atoms with Crippen LogP contribution in [0.1, 0.15) is 75.2 Å². The largest absolute Gasteiger partial charge is 0.462 e. The van der Waals surface area contributed by atoms with Gasteiger partial charge in [-0.2, -0.15) is 0 Å². The first-order chi connectivity index (χ1) is 19.9. The quantitative estimate of drug-likeness (QED) is 0.193. The minimum atomic E-state index is -1.52. The molecule has 2 saturated heterocycles. The van der Waals surface area contributed by atoms with Crippen molar-refractivity contribution in [3.63, 3.8) is 0 Å². The Hall–Kier alpha value is -3.48. The summed E-state index contributed by atoms with van der Waals surface area (Å²) in [4.78, 5) is 75.9. The predicted molar refractivity (Wildman–Crippen MR) is 144 cm³/mol. The Kier molecular flexibility index (Phi) is 8.46. The van der Waals surface area contributed by atoms with E-state index in [0.717, 1.165) is 0 Å². The molecule has 0 bridgehead atoms. The van der Waals surface area contributed by atoms with E-state index in [1.165, 1.54) is 34.6 Å². The summed E-state index contributed by atoms with van der Waals surface area (Å²) >= 11 is 0. The van der Waals surface area contributed by atoms with E-state index in [0.29, 0.717) is 5.57 Å². The van der Waals surface area contributed by atoms with E-state index in [9.17, 15) is 28.8 Å². The van der Waals surface area contributed by atoms with Crippen molar-refractivity contribution in [2.45, 2.75) is 123 Å². The monoisotopic (exact) mass is 608 g/mol. The van der Waals surface area contributed by atoms with Crippen LogP contribution in [0.2, 0.25) is 0 Å². The lowest BCUT2D eigenvalue weighted by atomic mass is 9.52. The van der Waals surface area contributed by atoms with Gasteiger partial charge in [0, 0.05) is 59.3 Å². The van der Waals surface area contributed by atoms with Crippen molar-refractivity contribution < 1.29 is 61.9 Å². The molecule has 13 nitrogen and oxygen atoms in total. The molecule has 4 rings (SSSR count). The first kappa shape index (κ1) is 32.4. The highest BCUT2D eigenvalue weighted by atomic mass is 16.7. The van der Waals surface area contributed by atoms with E-state index >= 15 is 0 Å². The summed E-state index contributed by atoms with van der Waals surface area (Å²) in [7, 11) is 0. The number of esters is 6. The molecule has 2 aliphatic heterocycles. The van der Waals surface area contributed by atoms with Crippen LogP contribution in [0.5, 0.6) is 0 Å². The van der Waals surface area contributed by atoms with Gasteiger partial charge in [0.05, 0.1) is 5.41 Å². The highest BCUT2D eigenvalue weighted by Gasteiger charge is 2.87. The maximum atomic E-state index is 13.2. The summed E-state index contributed by atoms with van der Waals surface area (Å²) in [5.74, 6) is -5.64. The van der Waals surface area contributed by atoms with Crippen LogP contribution < -0.4 is 0 Å². The molecule has 0 unspecified atom stereocenters. The Labute approximate surface area is 249 Å². The molecule has 0 aromatic rings. The molecule has 1 saturated carbocycles. The lowest BCUT2D eigenvalue weighted by Gasteiger charge is -2.57. The van der Waals surface area contributed by atoms with Crippen molar-refractivity contribution in [1.29, 1.82) is 0 Å². The van der Waals surface area contributed by atoms with Gasteiger partial charge in [-0.3, -0.25) is 24.0 Å². The highest BCUT2D eigenvalue weighted by molar-refractivity contribution is 5.89. The molecule has 11 atom stereocenters. The van der Waals surface area contributed by atoms with Crippen LogP contribution in [0.15, 0.2) is 11.6 Å². The third-order valence-corrected chi connectivity index (χ3v) is 9.32. The molecule has 0 aromatic carbocycles. The van der Waals surface area contributed by atoms with Crippen LogP contribution in [-0.4, -0.2) is 83.6 Å². The minimum absolute atomic E-state index is 0.0104. The van der Waals surface area contributed by atoms with E-state index in [1.54, 1.807) is 33.8 Å². The molecule has 3 fully saturated rings. The zero-order valence-electron chi connectivity index (χ0n) is 25.9. The van der Waals surface area contributed by atoms with Crippen LogP contribution >= 0.6 is 0 Å². The minimum Gasteiger partial charge on any atom is -0.462 e. The van der Waals surface area contributed by atoms with Gasteiger partial charge < -0.3 is 33.2 Å². The molecular formula is C30H40O13. The van der Waals surface area contributed by atoms with Gasteiger partial charge in [-0.25, -0.2) is 4.79 Å². The molecular weight excluding hydrogens is 568 g/mol. The highest BCUT2D eigenvalue weighted by Crippen LogP contribution is 2.66. The SMILES string of the molecule is CC(=O)O[C@H]1C[C@H](OC(C)=O)[C@]2(C)[C@H]([C@H]1C)[C@@H](OC(C)=O)[C@@]13O[C@@]1(C)C(=O)O[C@H]3/C=C(/C)C[C@H](OC(C)=O)[C@@H]2OC(C)=O. The first-order valence-electron chi connectivity index (χ1n) is 14.3. The van der Waals surface area contributed by atoms with Crippen LogP contribution in [0.3, 0.4) is 0 Å². The second-order valence-corrected chi connectivity index (χ2v) is 12.4. The van der Waals surface area contributed by atoms with Gasteiger partial charge in [-0.05, 0) is 19.9 Å². The van der Waals surface area contributed by atoms with E-state index in [-0.39, 0.29) is 12.8 Å². The Morgan fingerprint density at radius 2 is 1.30 bits per heavy atom. The number of hydrogen-bond acceptors (Lipinski definition) is 13. The summed E-state index contributed by atoms with van der Waals surface area (Å²) in [6.45, 7) is 12.8. The fourth-order valence-electron chi connectivity index (χ4n) is 7.67. The van der Waals surface area contributed by atoms with Crippen molar-refractivity contribution >= 4 is 35.8 Å². The van der Waals surface area contributed by atoms with Crippen LogP contribution in [0, 0.1) is 17.3 Å². The predicted octanol–water partition coefficient (Wildman–Crippen LogP) is 2.11. The standard InChI is InChI=1S/C30H40O13/c1-13-10-21(38-16(4)32)25(40-18(6)34)28(8)22(39-17(5)33)12-20(37-15(3)31)14(2)24(28)26(41-19(7)35)30-23(11-13)42-27(36)29(30,9)43-30/h11,14,20-26H,10,12H2,1-9H3/b13-11-/t14-,20-,21-,22-,23-,24+,25-,26+,28+,29-,30+/m0/s1. The Morgan fingerprint density at radius 3 is 1.81 bits per heavy atom. The molecule has 43 heavy (non-hydrogen) atoms. The van der Waals surface area contributed by atoms with Gasteiger partial charge in [0.15, 0.2) is 17.3 Å². The van der Waals surface area contributed by atoms with E-state index in [1.807, 2.05) is 0 Å². The van der Waals surface area contributed by atoms with Crippen molar-refractivity contribution in [3.8, 4) is 0 Å². The molecule has 4 aliphatic rings. The van der Waals surface area contributed by atoms with E-state index in [4.69, 9.17) is 33.2 Å². The van der Waals surface area contributed by atoms with Crippen molar-refractivity contribution in [3.05, 3.63) is 11.6 Å². The second kappa shape index (κ2) is 11.2. The summed E-state index contributed by atoms with van der Waals surface area (Å²) in [5.41, 5.74) is -3.89. The summed E-state index contributed by atoms with van der Waals surface area (Å²) < 4.78 is 41.4. The number of carbonyl (C=O) groups excluding carboxylic acids is 6. The van der Waals surface area contributed by atoms with E-state index in [2.05, 4.69) is 0 Å². The molecule has 238 valence electrons. The smallest absolute Gasteiger partial charge is 0.342 e.